The number of hydrogen-bond donors (Lipinski definition) is 0. The van der Waals surface area contributed by atoms with Gasteiger partial charge in [0.25, 0.3) is 0 Å². The molecule has 1 fully saturated rings. The molecule has 1 rings (SSSR count). The first kappa shape index (κ1) is 13.5. The highest BCUT2D eigenvalue weighted by molar-refractivity contribution is 4.87. The van der Waals surface area contributed by atoms with Gasteiger partial charge in [-0.1, -0.05) is 43.6 Å². The van der Waals surface area contributed by atoms with Gasteiger partial charge in [0.1, 0.15) is 0 Å². The number of ether oxygens (including phenoxy) is 1. The highest BCUT2D eigenvalue weighted by Gasteiger charge is 2.17. The zero-order valence-electron chi connectivity index (χ0n) is 10.8. The Labute approximate surface area is 101 Å². The Morgan fingerprint density at radius 3 is 2.06 bits per heavy atom. The maximum atomic E-state index is 6.19. The molecule has 0 saturated heterocycles. The van der Waals surface area contributed by atoms with E-state index in [1.54, 1.807) is 0 Å². The van der Waals surface area contributed by atoms with Crippen molar-refractivity contribution < 1.29 is 4.74 Å². The van der Waals surface area contributed by atoms with Gasteiger partial charge in [0.15, 0.2) is 0 Å². The van der Waals surface area contributed by atoms with Crippen LogP contribution < -0.4 is 0 Å². The maximum absolute atomic E-state index is 6.19. The predicted molar refractivity (Wildman–Crippen MR) is 70.6 cm³/mol. The third-order valence-corrected chi connectivity index (χ3v) is 3.21. The molecule has 0 aliphatic heterocycles. The zero-order valence-corrected chi connectivity index (χ0v) is 10.8. The van der Waals surface area contributed by atoms with E-state index in [0.29, 0.717) is 12.2 Å². The largest absolute Gasteiger partial charge is 0.374 e. The summed E-state index contributed by atoms with van der Waals surface area (Å²) in [6.45, 7) is 4.15. The standard InChI is InChI=1S/C15H26O/c1-3-5-10-14(11-6-4-2)16-15-12-8-7-9-13-15/h3-6,14-15H,7-13H2,1-2H3. The van der Waals surface area contributed by atoms with Crippen molar-refractivity contribution in [1.29, 1.82) is 0 Å². The fourth-order valence-corrected chi connectivity index (χ4v) is 2.26. The van der Waals surface area contributed by atoms with Crippen LogP contribution in [0.25, 0.3) is 0 Å². The molecule has 16 heavy (non-hydrogen) atoms. The molecular formula is C15H26O. The van der Waals surface area contributed by atoms with Crippen LogP contribution in [0.2, 0.25) is 0 Å². The summed E-state index contributed by atoms with van der Waals surface area (Å²) >= 11 is 0. The highest BCUT2D eigenvalue weighted by atomic mass is 16.5. The Balaban J connectivity index is 2.34. The van der Waals surface area contributed by atoms with Crippen LogP contribution >= 0.6 is 0 Å². The van der Waals surface area contributed by atoms with Gasteiger partial charge in [0, 0.05) is 0 Å². The minimum Gasteiger partial charge on any atom is -0.374 e. The summed E-state index contributed by atoms with van der Waals surface area (Å²) in [4.78, 5) is 0. The Morgan fingerprint density at radius 2 is 1.56 bits per heavy atom. The third kappa shape index (κ3) is 5.50. The zero-order chi connectivity index (χ0) is 11.6. The van der Waals surface area contributed by atoms with Crippen molar-refractivity contribution in [2.75, 3.05) is 0 Å². The average Bonchev–Trinajstić information content (AvgIpc) is 2.34. The molecule has 0 atom stereocenters. The molecule has 1 nitrogen and oxygen atoms in total. The van der Waals surface area contributed by atoms with Crippen molar-refractivity contribution >= 4 is 0 Å². The molecule has 0 heterocycles. The first-order valence-electron chi connectivity index (χ1n) is 6.74. The fourth-order valence-electron chi connectivity index (χ4n) is 2.26. The minimum absolute atomic E-state index is 0.385. The minimum atomic E-state index is 0.385. The maximum Gasteiger partial charge on any atom is 0.0647 e. The first-order valence-corrected chi connectivity index (χ1v) is 6.74. The van der Waals surface area contributed by atoms with Gasteiger partial charge in [-0.3, -0.25) is 0 Å². The molecule has 0 bridgehead atoms. The normalized spacial score (nSPS) is 20.9. The van der Waals surface area contributed by atoms with Crippen LogP contribution in [0.1, 0.15) is 58.8 Å². The van der Waals surface area contributed by atoms with Crippen LogP contribution in [0.3, 0.4) is 0 Å². The van der Waals surface area contributed by atoms with Crippen molar-refractivity contribution in [3.05, 3.63) is 24.3 Å². The molecule has 1 aliphatic rings. The van der Waals surface area contributed by atoms with E-state index >= 15 is 0 Å². The molecule has 1 saturated carbocycles. The van der Waals surface area contributed by atoms with E-state index in [1.807, 2.05) is 0 Å². The smallest absolute Gasteiger partial charge is 0.0647 e. The van der Waals surface area contributed by atoms with E-state index in [9.17, 15) is 0 Å². The summed E-state index contributed by atoms with van der Waals surface area (Å²) in [5.41, 5.74) is 0. The van der Waals surface area contributed by atoms with E-state index in [0.717, 1.165) is 12.8 Å². The monoisotopic (exact) mass is 222 g/mol. The van der Waals surface area contributed by atoms with Gasteiger partial charge in [-0.15, -0.1) is 0 Å². The second kappa shape index (κ2) is 8.58. The Kier molecular flexibility index (Phi) is 7.24. The van der Waals surface area contributed by atoms with Crippen molar-refractivity contribution in [3.8, 4) is 0 Å². The van der Waals surface area contributed by atoms with E-state index in [-0.39, 0.29) is 0 Å². The lowest BCUT2D eigenvalue weighted by Gasteiger charge is -2.26. The van der Waals surface area contributed by atoms with Crippen molar-refractivity contribution in [2.24, 2.45) is 0 Å². The summed E-state index contributed by atoms with van der Waals surface area (Å²) < 4.78 is 6.19. The lowest BCUT2D eigenvalue weighted by Crippen LogP contribution is -2.23. The van der Waals surface area contributed by atoms with Crippen LogP contribution in [0, 0.1) is 0 Å². The van der Waals surface area contributed by atoms with Gasteiger partial charge in [-0.2, -0.15) is 0 Å². The predicted octanol–water partition coefficient (Wildman–Crippen LogP) is 4.64. The summed E-state index contributed by atoms with van der Waals surface area (Å²) in [6, 6.07) is 0. The summed E-state index contributed by atoms with van der Waals surface area (Å²) in [5.74, 6) is 0. The molecule has 0 unspecified atom stereocenters. The molecular weight excluding hydrogens is 196 g/mol. The van der Waals surface area contributed by atoms with Gasteiger partial charge < -0.3 is 4.74 Å². The molecule has 1 heteroatoms. The molecule has 0 spiro atoms. The number of rotatable bonds is 6. The fraction of sp³-hybridized carbons (Fsp3) is 0.733. The van der Waals surface area contributed by atoms with Crippen LogP contribution in [0.5, 0.6) is 0 Å². The third-order valence-electron chi connectivity index (χ3n) is 3.21. The average molecular weight is 222 g/mol. The highest BCUT2D eigenvalue weighted by Crippen LogP contribution is 2.23. The van der Waals surface area contributed by atoms with Crippen LogP contribution in [0.15, 0.2) is 24.3 Å². The number of allylic oxidation sites excluding steroid dienone is 2. The van der Waals surface area contributed by atoms with E-state index < -0.39 is 0 Å². The second-order valence-corrected chi connectivity index (χ2v) is 4.63. The quantitative estimate of drug-likeness (QED) is 0.595. The Bertz CT molecular complexity index is 197. The summed E-state index contributed by atoms with van der Waals surface area (Å²) in [6.07, 6.45) is 18.3. The van der Waals surface area contributed by atoms with E-state index in [1.165, 1.54) is 32.1 Å². The molecule has 92 valence electrons. The molecule has 1 aliphatic carbocycles. The SMILES string of the molecule is CC=CCC(CC=CC)OC1CCCCC1. The van der Waals surface area contributed by atoms with Crippen molar-refractivity contribution in [3.63, 3.8) is 0 Å². The lowest BCUT2D eigenvalue weighted by molar-refractivity contribution is -0.0265. The van der Waals surface area contributed by atoms with Crippen molar-refractivity contribution in [1.82, 2.24) is 0 Å². The van der Waals surface area contributed by atoms with Crippen LogP contribution in [-0.2, 0) is 4.74 Å². The van der Waals surface area contributed by atoms with Gasteiger partial charge in [0.05, 0.1) is 12.2 Å². The molecule has 0 radical (unpaired) electrons. The summed E-state index contributed by atoms with van der Waals surface area (Å²) in [5, 5.41) is 0. The molecule has 0 N–H and O–H groups in total. The van der Waals surface area contributed by atoms with Crippen molar-refractivity contribution in [2.45, 2.75) is 71.0 Å². The molecule has 0 amide bonds. The lowest BCUT2D eigenvalue weighted by atomic mass is 9.97. The number of hydrogen-bond acceptors (Lipinski definition) is 1. The van der Waals surface area contributed by atoms with Gasteiger partial charge >= 0.3 is 0 Å². The molecule has 0 aromatic rings. The Morgan fingerprint density at radius 1 is 1.00 bits per heavy atom. The van der Waals surface area contributed by atoms with Crippen LogP contribution in [-0.4, -0.2) is 12.2 Å². The Hall–Kier alpha value is -0.560. The molecule has 0 aromatic heterocycles. The second-order valence-electron chi connectivity index (χ2n) is 4.63. The molecule has 0 aromatic carbocycles. The topological polar surface area (TPSA) is 9.23 Å². The first-order chi connectivity index (χ1) is 7.86. The van der Waals surface area contributed by atoms with Gasteiger partial charge in [0.2, 0.25) is 0 Å². The van der Waals surface area contributed by atoms with Crippen LogP contribution in [0.4, 0.5) is 0 Å². The van der Waals surface area contributed by atoms with Gasteiger partial charge in [-0.25, -0.2) is 0 Å². The van der Waals surface area contributed by atoms with E-state index in [2.05, 4.69) is 38.2 Å². The van der Waals surface area contributed by atoms with Gasteiger partial charge in [-0.05, 0) is 39.5 Å². The van der Waals surface area contributed by atoms with E-state index in [4.69, 9.17) is 4.74 Å². The summed E-state index contributed by atoms with van der Waals surface area (Å²) in [7, 11) is 0.